The number of aryl methyl sites for hydroxylation is 1. The first-order valence-corrected chi connectivity index (χ1v) is 12.0. The topological polar surface area (TPSA) is 97.8 Å². The van der Waals surface area contributed by atoms with Crippen LogP contribution >= 0.6 is 11.8 Å². The molecule has 2 amide bonds. The summed E-state index contributed by atoms with van der Waals surface area (Å²) in [6.07, 6.45) is 2.67. The van der Waals surface area contributed by atoms with Crippen molar-refractivity contribution in [3.8, 4) is 12.1 Å². The molecule has 2 heterocycles. The molecule has 6 nitrogen and oxygen atoms in total. The van der Waals surface area contributed by atoms with Gasteiger partial charge in [-0.05, 0) is 66.6 Å². The molecule has 1 fully saturated rings. The van der Waals surface area contributed by atoms with Crippen LogP contribution in [0.15, 0.2) is 65.7 Å². The van der Waals surface area contributed by atoms with E-state index in [9.17, 15) is 14.9 Å². The highest BCUT2D eigenvalue weighted by atomic mass is 32.2. The molecule has 1 saturated heterocycles. The normalized spacial score (nSPS) is 19.4. The van der Waals surface area contributed by atoms with Gasteiger partial charge < -0.3 is 0 Å². The Morgan fingerprint density at radius 1 is 0.971 bits per heavy atom. The van der Waals surface area contributed by atoms with Gasteiger partial charge in [-0.1, -0.05) is 42.1 Å². The number of hydrogen-bond donors (Lipinski definition) is 0. The molecule has 2 unspecified atom stereocenters. The van der Waals surface area contributed by atoms with E-state index in [4.69, 9.17) is 10.2 Å². The van der Waals surface area contributed by atoms with Gasteiger partial charge in [0, 0.05) is 12.1 Å². The molecule has 3 aromatic rings. The van der Waals surface area contributed by atoms with Crippen molar-refractivity contribution in [2.75, 3.05) is 4.90 Å². The SMILES string of the molecule is N#Cc1ccc(N2C(=O)CC(Sc3nc4c(cc3C#N)CC(c3ccccc3)CC4)C2=O)cc1. The summed E-state index contributed by atoms with van der Waals surface area (Å²) in [6.45, 7) is 0. The summed E-state index contributed by atoms with van der Waals surface area (Å²) in [6, 6.07) is 22.9. The molecule has 0 saturated carbocycles. The maximum Gasteiger partial charge on any atom is 0.247 e. The molecule has 1 aromatic heterocycles. The predicted molar refractivity (Wildman–Crippen MR) is 128 cm³/mol. The van der Waals surface area contributed by atoms with E-state index in [1.54, 1.807) is 24.3 Å². The fraction of sp³-hybridized carbons (Fsp3) is 0.222. The first kappa shape index (κ1) is 21.9. The van der Waals surface area contributed by atoms with E-state index >= 15 is 0 Å². The summed E-state index contributed by atoms with van der Waals surface area (Å²) in [4.78, 5) is 31.6. The highest BCUT2D eigenvalue weighted by molar-refractivity contribution is 8.00. The standard InChI is InChI=1S/C27H20N4O2S/c28-15-17-6-9-22(10-7-17)31-25(32)14-24(27(31)33)34-26-21(16-29)13-20-12-19(8-11-23(20)30-26)18-4-2-1-3-5-18/h1-7,9-10,13,19,24H,8,11-12,14H2. The van der Waals surface area contributed by atoms with Gasteiger partial charge in [-0.25, -0.2) is 9.88 Å². The molecule has 2 aromatic carbocycles. The van der Waals surface area contributed by atoms with Crippen LogP contribution in [0, 0.1) is 22.7 Å². The van der Waals surface area contributed by atoms with E-state index in [1.807, 2.05) is 30.3 Å². The quantitative estimate of drug-likeness (QED) is 0.527. The first-order valence-electron chi connectivity index (χ1n) is 11.1. The van der Waals surface area contributed by atoms with Gasteiger partial charge in [-0.3, -0.25) is 9.59 Å². The first-order chi connectivity index (χ1) is 16.6. The molecule has 1 aliphatic carbocycles. The Hall–Kier alpha value is -3.94. The van der Waals surface area contributed by atoms with Crippen LogP contribution < -0.4 is 4.90 Å². The number of benzene rings is 2. The number of amides is 2. The number of hydrogen-bond acceptors (Lipinski definition) is 6. The van der Waals surface area contributed by atoms with Crippen LogP contribution in [0.4, 0.5) is 5.69 Å². The van der Waals surface area contributed by atoms with Crippen LogP contribution in [0.1, 0.15) is 46.7 Å². The Labute approximate surface area is 201 Å². The third kappa shape index (κ3) is 4.07. The lowest BCUT2D eigenvalue weighted by Crippen LogP contribution is -2.31. The van der Waals surface area contributed by atoms with Crippen LogP contribution in [-0.2, 0) is 22.4 Å². The number of imide groups is 1. The Kier molecular flexibility index (Phi) is 5.88. The number of nitrogens with zero attached hydrogens (tertiary/aromatic N) is 4. The van der Waals surface area contributed by atoms with Crippen molar-refractivity contribution in [2.45, 2.75) is 41.9 Å². The third-order valence-corrected chi connectivity index (χ3v) is 7.54. The molecule has 2 atom stereocenters. The van der Waals surface area contributed by atoms with Crippen molar-refractivity contribution < 1.29 is 9.59 Å². The van der Waals surface area contributed by atoms with Gasteiger partial charge in [0.05, 0.1) is 28.1 Å². The lowest BCUT2D eigenvalue weighted by Gasteiger charge is -2.25. The van der Waals surface area contributed by atoms with Crippen molar-refractivity contribution in [2.24, 2.45) is 0 Å². The summed E-state index contributed by atoms with van der Waals surface area (Å²) >= 11 is 1.19. The number of carbonyl (C=O) groups excluding carboxylic acids is 2. The van der Waals surface area contributed by atoms with Crippen molar-refractivity contribution in [1.82, 2.24) is 4.98 Å². The zero-order valence-electron chi connectivity index (χ0n) is 18.3. The minimum Gasteiger partial charge on any atom is -0.274 e. The van der Waals surface area contributed by atoms with Crippen molar-refractivity contribution in [1.29, 1.82) is 10.5 Å². The zero-order chi connectivity index (χ0) is 23.7. The average molecular weight is 465 g/mol. The summed E-state index contributed by atoms with van der Waals surface area (Å²) in [5, 5.41) is 18.6. The molecule has 2 aliphatic rings. The fourth-order valence-electron chi connectivity index (χ4n) is 4.61. The van der Waals surface area contributed by atoms with Gasteiger partial charge in [0.1, 0.15) is 11.1 Å². The number of carbonyl (C=O) groups is 2. The van der Waals surface area contributed by atoms with Crippen molar-refractivity contribution in [3.05, 3.63) is 88.6 Å². The van der Waals surface area contributed by atoms with Crippen LogP contribution in [0.2, 0.25) is 0 Å². The van der Waals surface area contributed by atoms with E-state index in [0.29, 0.717) is 27.8 Å². The van der Waals surface area contributed by atoms with Crippen molar-refractivity contribution >= 4 is 29.3 Å². The van der Waals surface area contributed by atoms with E-state index in [2.05, 4.69) is 18.2 Å². The van der Waals surface area contributed by atoms with Crippen molar-refractivity contribution in [3.63, 3.8) is 0 Å². The molecule has 0 spiro atoms. The molecule has 0 bridgehead atoms. The maximum absolute atomic E-state index is 13.1. The van der Waals surface area contributed by atoms with Gasteiger partial charge in [-0.15, -0.1) is 0 Å². The summed E-state index contributed by atoms with van der Waals surface area (Å²) in [5.74, 6) is -0.225. The maximum atomic E-state index is 13.1. The Morgan fingerprint density at radius 2 is 1.74 bits per heavy atom. The highest BCUT2D eigenvalue weighted by Gasteiger charge is 2.41. The fourth-order valence-corrected chi connectivity index (χ4v) is 5.71. The number of anilines is 1. The van der Waals surface area contributed by atoms with E-state index < -0.39 is 5.25 Å². The molecule has 0 N–H and O–H groups in total. The zero-order valence-corrected chi connectivity index (χ0v) is 19.1. The highest BCUT2D eigenvalue weighted by Crippen LogP contribution is 2.38. The van der Waals surface area contributed by atoms with E-state index in [0.717, 1.165) is 35.4 Å². The smallest absolute Gasteiger partial charge is 0.247 e. The van der Waals surface area contributed by atoms with E-state index in [-0.39, 0.29) is 18.2 Å². The Bertz CT molecular complexity index is 1360. The van der Waals surface area contributed by atoms with E-state index in [1.165, 1.54) is 17.3 Å². The molecule has 5 rings (SSSR count). The average Bonchev–Trinajstić information content (AvgIpc) is 3.16. The number of aromatic nitrogens is 1. The summed E-state index contributed by atoms with van der Waals surface area (Å²) in [7, 11) is 0. The molecule has 1 aliphatic heterocycles. The largest absolute Gasteiger partial charge is 0.274 e. The second-order valence-electron chi connectivity index (χ2n) is 8.45. The lowest BCUT2D eigenvalue weighted by atomic mass is 9.82. The van der Waals surface area contributed by atoms with Gasteiger partial charge in [0.15, 0.2) is 0 Å². The van der Waals surface area contributed by atoms with Gasteiger partial charge in [-0.2, -0.15) is 10.5 Å². The molecule has 7 heteroatoms. The molecular formula is C27H20N4O2S. The number of fused-ring (bicyclic) bond motifs is 1. The summed E-state index contributed by atoms with van der Waals surface area (Å²) < 4.78 is 0. The number of rotatable bonds is 4. The predicted octanol–water partition coefficient (Wildman–Crippen LogP) is 4.52. The second kappa shape index (κ2) is 9.13. The second-order valence-corrected chi connectivity index (χ2v) is 9.64. The van der Waals surface area contributed by atoms with Gasteiger partial charge in [0.25, 0.3) is 0 Å². The van der Waals surface area contributed by atoms with Gasteiger partial charge in [0.2, 0.25) is 11.8 Å². The molecule has 166 valence electrons. The molecular weight excluding hydrogens is 444 g/mol. The number of pyridine rings is 1. The monoisotopic (exact) mass is 464 g/mol. The van der Waals surface area contributed by atoms with Crippen LogP contribution in [0.5, 0.6) is 0 Å². The van der Waals surface area contributed by atoms with Crippen LogP contribution in [0.25, 0.3) is 0 Å². The minimum absolute atomic E-state index is 0.0449. The van der Waals surface area contributed by atoms with Gasteiger partial charge >= 0.3 is 0 Å². The minimum atomic E-state index is -0.638. The Morgan fingerprint density at radius 3 is 2.44 bits per heavy atom. The Balaban J connectivity index is 1.37. The molecule has 0 radical (unpaired) electrons. The number of thioether (sulfide) groups is 1. The van der Waals surface area contributed by atoms with Crippen LogP contribution in [-0.4, -0.2) is 22.0 Å². The molecule has 34 heavy (non-hydrogen) atoms. The third-order valence-electron chi connectivity index (χ3n) is 6.36. The number of nitriles is 2. The van der Waals surface area contributed by atoms with Crippen LogP contribution in [0.3, 0.4) is 0 Å². The lowest BCUT2D eigenvalue weighted by molar-refractivity contribution is -0.121. The summed E-state index contributed by atoms with van der Waals surface area (Å²) in [5.41, 5.74) is 4.68.